The van der Waals surface area contributed by atoms with Crippen molar-refractivity contribution in [2.24, 2.45) is 5.92 Å². The highest BCUT2D eigenvalue weighted by molar-refractivity contribution is 7.10. The first-order chi connectivity index (χ1) is 7.85. The topological polar surface area (TPSA) is 23.5 Å². The lowest BCUT2D eigenvalue weighted by molar-refractivity contribution is 0.194. The molecule has 0 radical (unpaired) electrons. The molecule has 2 rings (SSSR count). The highest BCUT2D eigenvalue weighted by atomic mass is 32.1. The summed E-state index contributed by atoms with van der Waals surface area (Å²) in [6.07, 6.45) is 3.61. The molecule has 0 saturated carbocycles. The van der Waals surface area contributed by atoms with Crippen molar-refractivity contribution in [3.8, 4) is 0 Å². The number of nitrogens with zero attached hydrogens (tertiary/aromatic N) is 1. The molecule has 1 N–H and O–H groups in total. The van der Waals surface area contributed by atoms with Crippen molar-refractivity contribution >= 4 is 11.3 Å². The second kappa shape index (κ2) is 5.80. The SMILES string of the molecule is CCCC(c1cccs1)N1CCC(CO)C1. The van der Waals surface area contributed by atoms with Crippen LogP contribution in [0.3, 0.4) is 0 Å². The molecular formula is C13H21NOS. The molecule has 90 valence electrons. The maximum absolute atomic E-state index is 9.20. The Morgan fingerprint density at radius 2 is 2.50 bits per heavy atom. The summed E-state index contributed by atoms with van der Waals surface area (Å²) >= 11 is 1.86. The zero-order valence-corrected chi connectivity index (χ0v) is 10.7. The number of hydrogen-bond acceptors (Lipinski definition) is 3. The van der Waals surface area contributed by atoms with Crippen LogP contribution in [0.15, 0.2) is 17.5 Å². The van der Waals surface area contributed by atoms with Gasteiger partial charge < -0.3 is 5.11 Å². The number of thiophene rings is 1. The number of aliphatic hydroxyl groups is 1. The van der Waals surface area contributed by atoms with Crippen molar-refractivity contribution in [2.75, 3.05) is 19.7 Å². The zero-order chi connectivity index (χ0) is 11.4. The van der Waals surface area contributed by atoms with Gasteiger partial charge in [-0.05, 0) is 36.8 Å². The van der Waals surface area contributed by atoms with E-state index in [1.807, 2.05) is 11.3 Å². The molecule has 1 aromatic rings. The smallest absolute Gasteiger partial charge is 0.0471 e. The van der Waals surface area contributed by atoms with Gasteiger partial charge in [-0.2, -0.15) is 0 Å². The molecule has 0 aliphatic carbocycles. The molecule has 2 nitrogen and oxygen atoms in total. The summed E-state index contributed by atoms with van der Waals surface area (Å²) < 4.78 is 0. The molecule has 0 amide bonds. The third-order valence-corrected chi connectivity index (χ3v) is 4.42. The maximum Gasteiger partial charge on any atom is 0.0471 e. The summed E-state index contributed by atoms with van der Waals surface area (Å²) in [5, 5.41) is 11.4. The fraction of sp³-hybridized carbons (Fsp3) is 0.692. The average molecular weight is 239 g/mol. The number of rotatable bonds is 5. The molecule has 1 fully saturated rings. The Kier molecular flexibility index (Phi) is 4.38. The molecule has 2 unspecified atom stereocenters. The van der Waals surface area contributed by atoms with Gasteiger partial charge in [0, 0.05) is 24.1 Å². The molecule has 1 saturated heterocycles. The highest BCUT2D eigenvalue weighted by Gasteiger charge is 2.28. The van der Waals surface area contributed by atoms with Crippen LogP contribution in [-0.2, 0) is 0 Å². The third-order valence-electron chi connectivity index (χ3n) is 3.45. The van der Waals surface area contributed by atoms with E-state index >= 15 is 0 Å². The second-order valence-corrected chi connectivity index (χ2v) is 5.63. The van der Waals surface area contributed by atoms with Crippen molar-refractivity contribution < 1.29 is 5.11 Å². The molecule has 0 spiro atoms. The van der Waals surface area contributed by atoms with Gasteiger partial charge in [0.05, 0.1) is 0 Å². The zero-order valence-electron chi connectivity index (χ0n) is 9.93. The normalized spacial score (nSPS) is 23.8. The van der Waals surface area contributed by atoms with E-state index in [1.54, 1.807) is 0 Å². The molecule has 16 heavy (non-hydrogen) atoms. The quantitative estimate of drug-likeness (QED) is 0.854. The fourth-order valence-electron chi connectivity index (χ4n) is 2.55. The highest BCUT2D eigenvalue weighted by Crippen LogP contribution is 2.33. The Balaban J connectivity index is 2.03. The molecule has 1 aliphatic rings. The Bertz CT molecular complexity index is 299. The predicted octanol–water partition coefficient (Wildman–Crippen LogP) is 2.90. The van der Waals surface area contributed by atoms with Crippen molar-refractivity contribution in [3.05, 3.63) is 22.4 Å². The van der Waals surface area contributed by atoms with E-state index in [2.05, 4.69) is 29.3 Å². The van der Waals surface area contributed by atoms with Crippen LogP contribution in [0.5, 0.6) is 0 Å². The van der Waals surface area contributed by atoms with Gasteiger partial charge in [-0.1, -0.05) is 19.4 Å². The van der Waals surface area contributed by atoms with Crippen LogP contribution in [0.1, 0.15) is 37.1 Å². The van der Waals surface area contributed by atoms with E-state index in [4.69, 9.17) is 0 Å². The molecule has 2 atom stereocenters. The fourth-order valence-corrected chi connectivity index (χ4v) is 3.45. The Labute approximate surface area is 102 Å². The van der Waals surface area contributed by atoms with Gasteiger partial charge in [-0.3, -0.25) is 4.90 Å². The van der Waals surface area contributed by atoms with E-state index in [1.165, 1.54) is 17.7 Å². The molecule has 1 aromatic heterocycles. The minimum atomic E-state index is 0.347. The lowest BCUT2D eigenvalue weighted by atomic mass is 10.1. The van der Waals surface area contributed by atoms with Crippen molar-refractivity contribution in [2.45, 2.75) is 32.2 Å². The Morgan fingerprint density at radius 1 is 1.62 bits per heavy atom. The molecular weight excluding hydrogens is 218 g/mol. The van der Waals surface area contributed by atoms with E-state index < -0.39 is 0 Å². The van der Waals surface area contributed by atoms with E-state index in [-0.39, 0.29) is 0 Å². The number of aliphatic hydroxyl groups excluding tert-OH is 1. The van der Waals surface area contributed by atoms with Gasteiger partial charge in [0.1, 0.15) is 0 Å². The van der Waals surface area contributed by atoms with Crippen molar-refractivity contribution in [1.29, 1.82) is 0 Å². The minimum Gasteiger partial charge on any atom is -0.396 e. The van der Waals surface area contributed by atoms with E-state index in [9.17, 15) is 5.11 Å². The van der Waals surface area contributed by atoms with E-state index in [0.29, 0.717) is 18.6 Å². The summed E-state index contributed by atoms with van der Waals surface area (Å²) in [4.78, 5) is 4.04. The summed E-state index contributed by atoms with van der Waals surface area (Å²) in [7, 11) is 0. The second-order valence-electron chi connectivity index (χ2n) is 4.65. The van der Waals surface area contributed by atoms with Crippen LogP contribution in [0.4, 0.5) is 0 Å². The van der Waals surface area contributed by atoms with E-state index in [0.717, 1.165) is 19.5 Å². The first-order valence-corrected chi connectivity index (χ1v) is 7.11. The molecule has 0 bridgehead atoms. The van der Waals surface area contributed by atoms with Gasteiger partial charge in [0.25, 0.3) is 0 Å². The van der Waals surface area contributed by atoms with Crippen molar-refractivity contribution in [3.63, 3.8) is 0 Å². The molecule has 1 aliphatic heterocycles. The number of hydrogen-bond donors (Lipinski definition) is 1. The standard InChI is InChI=1S/C13H21NOS/c1-2-4-12(13-5-3-8-16-13)14-7-6-11(9-14)10-15/h3,5,8,11-12,15H,2,4,6-7,9-10H2,1H3. The maximum atomic E-state index is 9.20. The minimum absolute atomic E-state index is 0.347. The molecule has 2 heterocycles. The monoisotopic (exact) mass is 239 g/mol. The summed E-state index contributed by atoms with van der Waals surface area (Å²) in [6.45, 7) is 4.81. The molecule has 0 aromatic carbocycles. The van der Waals surface area contributed by atoms with Crippen LogP contribution in [-0.4, -0.2) is 29.7 Å². The van der Waals surface area contributed by atoms with Gasteiger partial charge in [-0.25, -0.2) is 0 Å². The third kappa shape index (κ3) is 2.65. The largest absolute Gasteiger partial charge is 0.396 e. The summed E-state index contributed by atoms with van der Waals surface area (Å²) in [5.41, 5.74) is 0. The summed E-state index contributed by atoms with van der Waals surface area (Å²) in [5.74, 6) is 0.499. The van der Waals surface area contributed by atoms with Crippen LogP contribution < -0.4 is 0 Å². The lowest BCUT2D eigenvalue weighted by Gasteiger charge is -2.26. The first-order valence-electron chi connectivity index (χ1n) is 6.23. The average Bonchev–Trinajstić information content (AvgIpc) is 2.97. The van der Waals surface area contributed by atoms with Crippen LogP contribution >= 0.6 is 11.3 Å². The van der Waals surface area contributed by atoms with Gasteiger partial charge in [0.2, 0.25) is 0 Å². The van der Waals surface area contributed by atoms with Crippen LogP contribution in [0.25, 0.3) is 0 Å². The Hall–Kier alpha value is -0.380. The van der Waals surface area contributed by atoms with Gasteiger partial charge in [0.15, 0.2) is 0 Å². The van der Waals surface area contributed by atoms with Gasteiger partial charge >= 0.3 is 0 Å². The lowest BCUT2D eigenvalue weighted by Crippen LogP contribution is -2.26. The predicted molar refractivity (Wildman–Crippen MR) is 68.7 cm³/mol. The van der Waals surface area contributed by atoms with Crippen LogP contribution in [0, 0.1) is 5.92 Å². The molecule has 3 heteroatoms. The Morgan fingerprint density at radius 3 is 3.06 bits per heavy atom. The van der Waals surface area contributed by atoms with Crippen molar-refractivity contribution in [1.82, 2.24) is 4.90 Å². The first kappa shape index (κ1) is 12.1. The number of likely N-dealkylation sites (tertiary alicyclic amines) is 1. The van der Waals surface area contributed by atoms with Crippen LogP contribution in [0.2, 0.25) is 0 Å². The summed E-state index contributed by atoms with van der Waals surface area (Å²) in [6, 6.07) is 4.97. The van der Waals surface area contributed by atoms with Gasteiger partial charge in [-0.15, -0.1) is 11.3 Å².